The zero-order chi connectivity index (χ0) is 25.9. The molecule has 9 nitrogen and oxygen atoms in total. The predicted molar refractivity (Wildman–Crippen MR) is 136 cm³/mol. The molecule has 5 atom stereocenters. The van der Waals surface area contributed by atoms with Crippen LogP contribution < -0.4 is 10.6 Å². The number of fused-ring (bicyclic) bond motifs is 1. The van der Waals surface area contributed by atoms with E-state index in [-0.39, 0.29) is 41.9 Å². The summed E-state index contributed by atoms with van der Waals surface area (Å²) in [6.45, 7) is 0.426. The molecule has 9 heteroatoms. The molecule has 0 unspecified atom stereocenters. The summed E-state index contributed by atoms with van der Waals surface area (Å²) in [6.07, 6.45) is 6.05. The third kappa shape index (κ3) is 5.18. The maximum Gasteiger partial charge on any atom is 0.270 e. The van der Waals surface area contributed by atoms with Gasteiger partial charge in [0.15, 0.2) is 5.78 Å². The molecular formula is C28H34N4O5. The number of aliphatic hydroxyl groups excluding tert-OH is 1. The average molecular weight is 507 g/mol. The van der Waals surface area contributed by atoms with Crippen LogP contribution in [-0.4, -0.2) is 70.3 Å². The lowest BCUT2D eigenvalue weighted by Crippen LogP contribution is -2.53. The van der Waals surface area contributed by atoms with E-state index in [9.17, 15) is 24.3 Å². The maximum absolute atomic E-state index is 13.6. The fourth-order valence-corrected chi connectivity index (χ4v) is 6.29. The number of rotatable bonds is 9. The number of aromatic nitrogens is 1. The van der Waals surface area contributed by atoms with Crippen molar-refractivity contribution in [2.45, 2.75) is 50.6 Å². The molecule has 2 saturated heterocycles. The Balaban J connectivity index is 1.32. The summed E-state index contributed by atoms with van der Waals surface area (Å²) < 4.78 is 0. The summed E-state index contributed by atoms with van der Waals surface area (Å²) in [5.74, 6) is -1.02. The van der Waals surface area contributed by atoms with Crippen molar-refractivity contribution >= 4 is 23.5 Å². The molecule has 2 aromatic rings. The normalized spacial score (nSPS) is 25.5. The van der Waals surface area contributed by atoms with E-state index in [0.717, 1.165) is 30.4 Å². The van der Waals surface area contributed by atoms with E-state index < -0.39 is 24.5 Å². The van der Waals surface area contributed by atoms with Crippen molar-refractivity contribution in [3.05, 3.63) is 48.3 Å². The van der Waals surface area contributed by atoms with Gasteiger partial charge in [0.05, 0.1) is 6.04 Å². The number of ketones is 1. The van der Waals surface area contributed by atoms with Crippen LogP contribution in [0.5, 0.6) is 0 Å². The van der Waals surface area contributed by atoms with Gasteiger partial charge in [-0.25, -0.2) is 0 Å². The number of H-pyrrole nitrogens is 1. The third-order valence-corrected chi connectivity index (χ3v) is 8.27. The van der Waals surface area contributed by atoms with E-state index in [0.29, 0.717) is 31.6 Å². The number of Topliss-reactive ketones (excluding diaryl/α,β-unsaturated/α-hetero) is 1. The number of aliphatic hydroxyl groups is 1. The van der Waals surface area contributed by atoms with Gasteiger partial charge in [0, 0.05) is 25.2 Å². The van der Waals surface area contributed by atoms with Crippen molar-refractivity contribution in [3.8, 4) is 11.1 Å². The van der Waals surface area contributed by atoms with E-state index in [4.69, 9.17) is 0 Å². The molecule has 3 amide bonds. The molecule has 1 saturated carbocycles. The summed E-state index contributed by atoms with van der Waals surface area (Å²) in [6, 6.07) is 10.0. The van der Waals surface area contributed by atoms with Crippen LogP contribution in [0.2, 0.25) is 0 Å². The van der Waals surface area contributed by atoms with Gasteiger partial charge in [-0.2, -0.15) is 0 Å². The maximum atomic E-state index is 13.6. The van der Waals surface area contributed by atoms with E-state index in [2.05, 4.69) is 15.6 Å². The number of likely N-dealkylation sites (tertiary alicyclic amines) is 1. The lowest BCUT2D eigenvalue weighted by atomic mass is 9.92. The van der Waals surface area contributed by atoms with Crippen molar-refractivity contribution in [3.63, 3.8) is 0 Å². The Morgan fingerprint density at radius 2 is 1.92 bits per heavy atom. The van der Waals surface area contributed by atoms with Crippen LogP contribution in [0, 0.1) is 17.8 Å². The van der Waals surface area contributed by atoms with Crippen molar-refractivity contribution in [2.75, 3.05) is 19.7 Å². The Morgan fingerprint density at radius 1 is 1.11 bits per heavy atom. The number of hydrogen-bond donors (Lipinski definition) is 4. The van der Waals surface area contributed by atoms with E-state index in [1.54, 1.807) is 11.1 Å². The Hall–Kier alpha value is -3.46. The smallest absolute Gasteiger partial charge is 0.270 e. The van der Waals surface area contributed by atoms with Crippen molar-refractivity contribution in [2.24, 2.45) is 17.8 Å². The monoisotopic (exact) mass is 506 g/mol. The molecule has 1 aromatic carbocycles. The molecule has 3 fully saturated rings. The first-order valence-corrected chi connectivity index (χ1v) is 13.2. The molecule has 0 bridgehead atoms. The van der Waals surface area contributed by atoms with Crippen LogP contribution in [0.4, 0.5) is 0 Å². The molecule has 3 aliphatic rings. The fraction of sp³-hybridized carbons (Fsp3) is 0.500. The molecule has 0 radical (unpaired) electrons. The minimum Gasteiger partial charge on any atom is -0.389 e. The number of benzene rings is 1. The first-order valence-electron chi connectivity index (χ1n) is 13.2. The number of aromatic amines is 1. The molecule has 196 valence electrons. The van der Waals surface area contributed by atoms with Crippen molar-refractivity contribution < 1.29 is 24.3 Å². The molecule has 3 heterocycles. The summed E-state index contributed by atoms with van der Waals surface area (Å²) in [4.78, 5) is 56.4. The average Bonchev–Trinajstić information content (AvgIpc) is 3.70. The number of carbonyl (C=O) groups excluding carboxylic acids is 4. The van der Waals surface area contributed by atoms with Crippen LogP contribution in [-0.2, 0) is 14.4 Å². The first-order chi connectivity index (χ1) is 18.0. The summed E-state index contributed by atoms with van der Waals surface area (Å²) in [7, 11) is 0. The molecule has 4 N–H and O–H groups in total. The highest BCUT2D eigenvalue weighted by Gasteiger charge is 2.50. The lowest BCUT2D eigenvalue weighted by Gasteiger charge is -2.28. The minimum absolute atomic E-state index is 0.0382. The van der Waals surface area contributed by atoms with Gasteiger partial charge in [0.2, 0.25) is 11.8 Å². The molecule has 1 aliphatic carbocycles. The number of carbonyl (C=O) groups is 4. The van der Waals surface area contributed by atoms with E-state index >= 15 is 0 Å². The second-order valence-electron chi connectivity index (χ2n) is 10.5. The molecular weight excluding hydrogens is 472 g/mol. The Bertz CT molecular complexity index is 1160. The molecule has 2 aliphatic heterocycles. The van der Waals surface area contributed by atoms with Gasteiger partial charge in [0.25, 0.3) is 5.91 Å². The molecule has 37 heavy (non-hydrogen) atoms. The largest absolute Gasteiger partial charge is 0.389 e. The van der Waals surface area contributed by atoms with Gasteiger partial charge < -0.3 is 25.6 Å². The highest BCUT2D eigenvalue weighted by atomic mass is 16.3. The minimum atomic E-state index is -0.890. The van der Waals surface area contributed by atoms with Crippen LogP contribution in [0.1, 0.15) is 49.0 Å². The zero-order valence-electron chi connectivity index (χ0n) is 20.8. The van der Waals surface area contributed by atoms with Crippen molar-refractivity contribution in [1.29, 1.82) is 0 Å². The Morgan fingerprint density at radius 3 is 2.65 bits per heavy atom. The van der Waals surface area contributed by atoms with Crippen molar-refractivity contribution in [1.82, 2.24) is 20.5 Å². The van der Waals surface area contributed by atoms with Gasteiger partial charge in [-0.3, -0.25) is 19.2 Å². The number of nitrogens with zero attached hydrogens (tertiary/aromatic N) is 1. The van der Waals surface area contributed by atoms with Crippen LogP contribution in [0.3, 0.4) is 0 Å². The summed E-state index contributed by atoms with van der Waals surface area (Å²) in [5.41, 5.74) is 2.31. The zero-order valence-corrected chi connectivity index (χ0v) is 20.8. The van der Waals surface area contributed by atoms with Gasteiger partial charge in [-0.15, -0.1) is 0 Å². The fourth-order valence-electron chi connectivity index (χ4n) is 6.29. The predicted octanol–water partition coefficient (Wildman–Crippen LogP) is 1.88. The molecule has 0 spiro atoms. The van der Waals surface area contributed by atoms with Gasteiger partial charge in [-0.1, -0.05) is 36.8 Å². The second kappa shape index (κ2) is 10.9. The lowest BCUT2D eigenvalue weighted by molar-refractivity contribution is -0.132. The summed E-state index contributed by atoms with van der Waals surface area (Å²) in [5, 5.41) is 15.1. The van der Waals surface area contributed by atoms with Crippen LogP contribution >= 0.6 is 0 Å². The van der Waals surface area contributed by atoms with Crippen LogP contribution in [0.15, 0.2) is 42.6 Å². The highest BCUT2D eigenvalue weighted by Crippen LogP contribution is 2.43. The Kier molecular flexibility index (Phi) is 7.41. The SMILES string of the molecule is O=C1NCC[C@H]1CC[C@H](NC(=O)[C@@H]1[C@H]2CCC[C@H]2CN1C(=O)c1cc(-c2ccccc2)c[nH]1)C(=O)CO. The van der Waals surface area contributed by atoms with E-state index in [1.165, 1.54) is 0 Å². The first kappa shape index (κ1) is 25.2. The topological polar surface area (TPSA) is 132 Å². The van der Waals surface area contributed by atoms with Crippen LogP contribution in [0.25, 0.3) is 11.1 Å². The van der Waals surface area contributed by atoms with Gasteiger partial charge in [0.1, 0.15) is 18.3 Å². The molecule has 5 rings (SSSR count). The number of hydrogen-bond acceptors (Lipinski definition) is 5. The highest BCUT2D eigenvalue weighted by molar-refractivity contribution is 5.99. The standard InChI is InChI=1S/C28H34N4O5/c33-16-24(34)22(10-9-18-11-12-29-26(18)35)31-27(36)25-21-8-4-7-19(21)15-32(25)28(37)23-13-20(14-30-23)17-5-2-1-3-6-17/h1-3,5-6,13-14,18-19,21-22,25,30,33H,4,7-12,15-16H2,(H,29,35)(H,31,36)/t18-,19+,21+,22+,25+/m1/s1. The van der Waals surface area contributed by atoms with Gasteiger partial charge in [-0.05, 0) is 61.1 Å². The number of amides is 3. The Labute approximate surface area is 216 Å². The number of nitrogens with one attached hydrogen (secondary N) is 3. The molecule has 1 aromatic heterocycles. The van der Waals surface area contributed by atoms with Gasteiger partial charge >= 0.3 is 0 Å². The van der Waals surface area contributed by atoms with E-state index in [1.807, 2.05) is 36.4 Å². The quantitative estimate of drug-likeness (QED) is 0.412. The third-order valence-electron chi connectivity index (χ3n) is 8.27. The summed E-state index contributed by atoms with van der Waals surface area (Å²) >= 11 is 0. The second-order valence-corrected chi connectivity index (χ2v) is 10.5.